The van der Waals surface area contributed by atoms with Crippen molar-refractivity contribution in [3.63, 3.8) is 0 Å². The van der Waals surface area contributed by atoms with Gasteiger partial charge in [0, 0.05) is 6.42 Å². The minimum Gasteiger partial charge on any atom is -0.320 e. The van der Waals surface area contributed by atoms with Crippen LogP contribution in [0, 0.1) is 5.92 Å². The predicted octanol–water partition coefficient (Wildman–Crippen LogP) is 2.80. The maximum absolute atomic E-state index is 12.4. The van der Waals surface area contributed by atoms with Gasteiger partial charge in [-0.1, -0.05) is 43.7 Å². The van der Waals surface area contributed by atoms with Gasteiger partial charge in [-0.25, -0.2) is 0 Å². The molecule has 3 nitrogen and oxygen atoms in total. The fourth-order valence-electron chi connectivity index (χ4n) is 2.69. The SMILES string of the molecule is CNCCCC[C@H](NC)C(=O)C[C@@H](C)Cc1ccccc1. The first kappa shape index (κ1) is 17.9. The van der Waals surface area contributed by atoms with Gasteiger partial charge in [0.05, 0.1) is 6.04 Å². The molecule has 0 aliphatic rings. The van der Waals surface area contributed by atoms with Crippen LogP contribution in [0.5, 0.6) is 0 Å². The lowest BCUT2D eigenvalue weighted by atomic mass is 9.92. The van der Waals surface area contributed by atoms with Gasteiger partial charge in [-0.2, -0.15) is 0 Å². The number of rotatable bonds is 11. The van der Waals surface area contributed by atoms with Crippen molar-refractivity contribution in [3.05, 3.63) is 35.9 Å². The maximum Gasteiger partial charge on any atom is 0.150 e. The molecule has 0 saturated carbocycles. The second kappa shape index (κ2) is 10.5. The number of ketones is 1. The summed E-state index contributed by atoms with van der Waals surface area (Å²) in [5.41, 5.74) is 1.31. The van der Waals surface area contributed by atoms with Crippen molar-refractivity contribution in [1.82, 2.24) is 10.6 Å². The van der Waals surface area contributed by atoms with E-state index in [0.29, 0.717) is 18.1 Å². The average molecular weight is 290 g/mol. The van der Waals surface area contributed by atoms with Crippen molar-refractivity contribution in [2.45, 2.75) is 45.1 Å². The van der Waals surface area contributed by atoms with Crippen LogP contribution >= 0.6 is 0 Å². The van der Waals surface area contributed by atoms with Gasteiger partial charge in [0.1, 0.15) is 5.78 Å². The molecule has 0 aromatic heterocycles. The normalized spacial score (nSPS) is 13.9. The van der Waals surface area contributed by atoms with E-state index in [9.17, 15) is 4.79 Å². The molecular formula is C18H30N2O. The van der Waals surface area contributed by atoms with E-state index in [0.717, 1.165) is 32.2 Å². The first-order valence-electron chi connectivity index (χ1n) is 8.05. The molecular weight excluding hydrogens is 260 g/mol. The van der Waals surface area contributed by atoms with Crippen molar-refractivity contribution in [1.29, 1.82) is 0 Å². The first-order valence-corrected chi connectivity index (χ1v) is 8.05. The molecule has 21 heavy (non-hydrogen) atoms. The molecule has 0 unspecified atom stereocenters. The summed E-state index contributed by atoms with van der Waals surface area (Å²) in [6.07, 6.45) is 4.79. The van der Waals surface area contributed by atoms with Crippen LogP contribution in [0.2, 0.25) is 0 Å². The highest BCUT2D eigenvalue weighted by atomic mass is 16.1. The van der Waals surface area contributed by atoms with Crippen molar-refractivity contribution < 1.29 is 4.79 Å². The first-order chi connectivity index (χ1) is 10.2. The summed E-state index contributed by atoms with van der Waals surface area (Å²) in [6, 6.07) is 10.4. The van der Waals surface area contributed by atoms with Gasteiger partial charge in [0.25, 0.3) is 0 Å². The van der Waals surface area contributed by atoms with Crippen LogP contribution in [0.25, 0.3) is 0 Å². The largest absolute Gasteiger partial charge is 0.320 e. The second-order valence-corrected chi connectivity index (χ2v) is 5.91. The number of Topliss-reactive ketones (excluding diaryl/α,β-unsaturated/α-hetero) is 1. The molecule has 2 atom stereocenters. The quantitative estimate of drug-likeness (QED) is 0.616. The highest BCUT2D eigenvalue weighted by molar-refractivity contribution is 5.84. The number of hydrogen-bond donors (Lipinski definition) is 2. The van der Waals surface area contributed by atoms with E-state index in [1.54, 1.807) is 0 Å². The number of carbonyl (C=O) groups is 1. The minimum absolute atomic E-state index is 0.0140. The molecule has 118 valence electrons. The Morgan fingerprint density at radius 1 is 1.14 bits per heavy atom. The average Bonchev–Trinajstić information content (AvgIpc) is 2.48. The Labute approximate surface area is 129 Å². The van der Waals surface area contributed by atoms with Gasteiger partial charge in [-0.3, -0.25) is 4.79 Å². The van der Waals surface area contributed by atoms with E-state index in [1.807, 2.05) is 20.2 Å². The summed E-state index contributed by atoms with van der Waals surface area (Å²) in [6.45, 7) is 3.19. The Kier molecular flexibility index (Phi) is 8.95. The van der Waals surface area contributed by atoms with E-state index in [2.05, 4.69) is 41.8 Å². The van der Waals surface area contributed by atoms with E-state index in [1.165, 1.54) is 5.56 Å². The van der Waals surface area contributed by atoms with Crippen molar-refractivity contribution in [2.24, 2.45) is 5.92 Å². The smallest absolute Gasteiger partial charge is 0.150 e. The number of hydrogen-bond acceptors (Lipinski definition) is 3. The molecule has 0 heterocycles. The zero-order chi connectivity index (χ0) is 15.5. The van der Waals surface area contributed by atoms with Crippen LogP contribution in [0.15, 0.2) is 30.3 Å². The Morgan fingerprint density at radius 2 is 1.86 bits per heavy atom. The molecule has 0 aliphatic heterocycles. The fourth-order valence-corrected chi connectivity index (χ4v) is 2.69. The van der Waals surface area contributed by atoms with Gasteiger partial charge in [-0.05, 0) is 51.4 Å². The Balaban J connectivity index is 2.35. The lowest BCUT2D eigenvalue weighted by molar-refractivity contribution is -0.121. The molecule has 0 bridgehead atoms. The lowest BCUT2D eigenvalue weighted by Crippen LogP contribution is -2.35. The molecule has 2 N–H and O–H groups in total. The van der Waals surface area contributed by atoms with Crippen molar-refractivity contribution >= 4 is 5.78 Å². The molecule has 0 aliphatic carbocycles. The molecule has 3 heteroatoms. The van der Waals surface area contributed by atoms with Crippen LogP contribution < -0.4 is 10.6 Å². The summed E-state index contributed by atoms with van der Waals surface area (Å²) < 4.78 is 0. The van der Waals surface area contributed by atoms with Crippen LogP contribution in [-0.2, 0) is 11.2 Å². The summed E-state index contributed by atoms with van der Waals surface area (Å²) in [4.78, 5) is 12.4. The van der Waals surface area contributed by atoms with Crippen molar-refractivity contribution in [2.75, 3.05) is 20.6 Å². The predicted molar refractivity (Wildman–Crippen MR) is 89.6 cm³/mol. The van der Waals surface area contributed by atoms with Crippen LogP contribution in [-0.4, -0.2) is 32.5 Å². The zero-order valence-electron chi connectivity index (χ0n) is 13.7. The van der Waals surface area contributed by atoms with Crippen LogP contribution in [0.1, 0.15) is 38.2 Å². The third-order valence-electron chi connectivity index (χ3n) is 3.88. The van der Waals surface area contributed by atoms with Gasteiger partial charge in [0.2, 0.25) is 0 Å². The standard InChI is InChI=1S/C18H30N2O/c1-15(13-16-9-5-4-6-10-16)14-18(21)17(20-3)11-7-8-12-19-2/h4-6,9-10,15,17,19-20H,7-8,11-14H2,1-3H3/t15-,17-/m0/s1. The Hall–Kier alpha value is -1.19. The highest BCUT2D eigenvalue weighted by Crippen LogP contribution is 2.14. The molecule has 0 amide bonds. The fraction of sp³-hybridized carbons (Fsp3) is 0.611. The van der Waals surface area contributed by atoms with E-state index in [-0.39, 0.29) is 6.04 Å². The summed E-state index contributed by atoms with van der Waals surface area (Å²) in [5, 5.41) is 6.32. The number of unbranched alkanes of at least 4 members (excludes halogenated alkanes) is 1. The van der Waals surface area contributed by atoms with Crippen molar-refractivity contribution in [3.8, 4) is 0 Å². The Morgan fingerprint density at radius 3 is 2.48 bits per heavy atom. The molecule has 0 fully saturated rings. The Bertz CT molecular complexity index is 391. The second-order valence-electron chi connectivity index (χ2n) is 5.91. The molecule has 1 aromatic rings. The molecule has 0 saturated heterocycles. The third-order valence-corrected chi connectivity index (χ3v) is 3.88. The molecule has 0 radical (unpaired) electrons. The van der Waals surface area contributed by atoms with Gasteiger partial charge in [0.15, 0.2) is 0 Å². The molecule has 0 spiro atoms. The number of benzene rings is 1. The van der Waals surface area contributed by atoms with Crippen LogP contribution in [0.4, 0.5) is 0 Å². The van der Waals surface area contributed by atoms with E-state index >= 15 is 0 Å². The van der Waals surface area contributed by atoms with Gasteiger partial charge < -0.3 is 10.6 Å². The third kappa shape index (κ3) is 7.39. The zero-order valence-corrected chi connectivity index (χ0v) is 13.7. The van der Waals surface area contributed by atoms with Gasteiger partial charge in [-0.15, -0.1) is 0 Å². The monoisotopic (exact) mass is 290 g/mol. The number of nitrogens with one attached hydrogen (secondary N) is 2. The number of carbonyl (C=O) groups excluding carboxylic acids is 1. The van der Waals surface area contributed by atoms with E-state index < -0.39 is 0 Å². The summed E-state index contributed by atoms with van der Waals surface area (Å²) in [5.74, 6) is 0.749. The highest BCUT2D eigenvalue weighted by Gasteiger charge is 2.18. The summed E-state index contributed by atoms with van der Waals surface area (Å²) >= 11 is 0. The molecule has 1 rings (SSSR count). The maximum atomic E-state index is 12.4. The minimum atomic E-state index is 0.0140. The number of likely N-dealkylation sites (N-methyl/N-ethyl adjacent to an activating group) is 1. The van der Waals surface area contributed by atoms with E-state index in [4.69, 9.17) is 0 Å². The topological polar surface area (TPSA) is 41.1 Å². The van der Waals surface area contributed by atoms with Crippen LogP contribution in [0.3, 0.4) is 0 Å². The molecule has 1 aromatic carbocycles. The summed E-state index contributed by atoms with van der Waals surface area (Å²) in [7, 11) is 3.86. The lowest BCUT2D eigenvalue weighted by Gasteiger charge is -2.18. The van der Waals surface area contributed by atoms with Gasteiger partial charge >= 0.3 is 0 Å².